The van der Waals surface area contributed by atoms with Crippen LogP contribution in [0.4, 0.5) is 5.82 Å². The smallest absolute Gasteiger partial charge is 0.134 e. The molecular formula is C15H23ClN4. The number of nitrogens with zero attached hydrogens (tertiary/aromatic N) is 4. The van der Waals surface area contributed by atoms with E-state index in [1.54, 1.807) is 0 Å². The first-order chi connectivity index (χ1) is 9.76. The molecule has 1 aromatic rings. The molecular weight excluding hydrogens is 272 g/mol. The number of halogens is 1. The average Bonchev–Trinajstić information content (AvgIpc) is 2.97. The van der Waals surface area contributed by atoms with Crippen LogP contribution in [0.15, 0.2) is 6.07 Å². The molecule has 0 spiro atoms. The fourth-order valence-electron chi connectivity index (χ4n) is 3.30. The quantitative estimate of drug-likeness (QED) is 0.803. The highest BCUT2D eigenvalue weighted by Gasteiger charge is 2.29. The van der Waals surface area contributed by atoms with Crippen LogP contribution < -0.4 is 4.90 Å². The molecule has 3 rings (SSSR count). The van der Waals surface area contributed by atoms with Gasteiger partial charge in [0.05, 0.1) is 0 Å². The lowest BCUT2D eigenvalue weighted by atomic mass is 10.1. The first-order valence-corrected chi connectivity index (χ1v) is 8.16. The maximum Gasteiger partial charge on any atom is 0.134 e. The summed E-state index contributed by atoms with van der Waals surface area (Å²) in [7, 11) is 0. The zero-order chi connectivity index (χ0) is 13.9. The molecule has 0 aromatic carbocycles. The third-order valence-electron chi connectivity index (χ3n) is 4.44. The highest BCUT2D eigenvalue weighted by atomic mass is 35.5. The van der Waals surface area contributed by atoms with E-state index in [-0.39, 0.29) is 0 Å². The van der Waals surface area contributed by atoms with Crippen molar-refractivity contribution in [2.45, 2.75) is 45.1 Å². The number of likely N-dealkylation sites (tertiary alicyclic amines) is 1. The monoisotopic (exact) mass is 294 g/mol. The zero-order valence-corrected chi connectivity index (χ0v) is 12.9. The molecule has 0 amide bonds. The molecule has 20 heavy (non-hydrogen) atoms. The van der Waals surface area contributed by atoms with E-state index in [1.165, 1.54) is 38.8 Å². The van der Waals surface area contributed by atoms with E-state index in [1.807, 2.05) is 6.07 Å². The second kappa shape index (κ2) is 6.27. The molecule has 0 radical (unpaired) electrons. The van der Waals surface area contributed by atoms with Crippen molar-refractivity contribution in [1.82, 2.24) is 14.9 Å². The molecule has 2 fully saturated rings. The van der Waals surface area contributed by atoms with E-state index in [0.29, 0.717) is 11.2 Å². The molecule has 0 bridgehead atoms. The van der Waals surface area contributed by atoms with Crippen LogP contribution in [0.1, 0.15) is 38.4 Å². The summed E-state index contributed by atoms with van der Waals surface area (Å²) in [6.07, 6.45) is 6.18. The van der Waals surface area contributed by atoms with Gasteiger partial charge in [0.25, 0.3) is 0 Å². The predicted octanol–water partition coefficient (Wildman–Crippen LogP) is 2.76. The number of anilines is 1. The van der Waals surface area contributed by atoms with Crippen LogP contribution in [0.5, 0.6) is 0 Å². The van der Waals surface area contributed by atoms with E-state index in [9.17, 15) is 0 Å². The summed E-state index contributed by atoms with van der Waals surface area (Å²) < 4.78 is 0. The Morgan fingerprint density at radius 1 is 1.20 bits per heavy atom. The first-order valence-electron chi connectivity index (χ1n) is 7.78. The lowest BCUT2D eigenvalue weighted by Gasteiger charge is -2.32. The molecule has 3 heterocycles. The molecule has 2 aliphatic heterocycles. The van der Waals surface area contributed by atoms with Crippen LogP contribution in [0.2, 0.25) is 5.15 Å². The topological polar surface area (TPSA) is 32.3 Å². The van der Waals surface area contributed by atoms with Crippen molar-refractivity contribution in [1.29, 1.82) is 0 Å². The summed E-state index contributed by atoms with van der Waals surface area (Å²) in [5.74, 6) is 1.84. The Morgan fingerprint density at radius 3 is 2.75 bits per heavy atom. The molecule has 2 aliphatic rings. The number of hydrogen-bond acceptors (Lipinski definition) is 4. The zero-order valence-electron chi connectivity index (χ0n) is 12.2. The van der Waals surface area contributed by atoms with Crippen molar-refractivity contribution >= 4 is 17.4 Å². The summed E-state index contributed by atoms with van der Waals surface area (Å²) in [6, 6.07) is 2.59. The van der Waals surface area contributed by atoms with Crippen LogP contribution in [0.25, 0.3) is 0 Å². The maximum atomic E-state index is 6.10. The van der Waals surface area contributed by atoms with Crippen molar-refractivity contribution in [2.24, 2.45) is 0 Å². The van der Waals surface area contributed by atoms with Gasteiger partial charge in [0, 0.05) is 31.6 Å². The van der Waals surface area contributed by atoms with E-state index >= 15 is 0 Å². The summed E-state index contributed by atoms with van der Waals surface area (Å²) in [6.45, 7) is 6.76. The van der Waals surface area contributed by atoms with E-state index in [2.05, 4.69) is 26.7 Å². The molecule has 4 nitrogen and oxygen atoms in total. The minimum absolute atomic E-state index is 0.563. The highest BCUT2D eigenvalue weighted by Crippen LogP contribution is 2.25. The number of hydrogen-bond donors (Lipinski definition) is 0. The maximum absolute atomic E-state index is 6.10. The minimum Gasteiger partial charge on any atom is -0.355 e. The molecule has 1 aromatic heterocycles. The minimum atomic E-state index is 0.563. The SMILES string of the molecule is CCc1nc(Cl)cc(N2CCC(N3CCCCC3)C2)n1. The molecule has 0 N–H and O–H groups in total. The van der Waals surface area contributed by atoms with Crippen molar-refractivity contribution in [2.75, 3.05) is 31.1 Å². The van der Waals surface area contributed by atoms with Crippen molar-refractivity contribution in [3.63, 3.8) is 0 Å². The van der Waals surface area contributed by atoms with Gasteiger partial charge < -0.3 is 4.90 Å². The van der Waals surface area contributed by atoms with Gasteiger partial charge in [0.15, 0.2) is 0 Å². The largest absolute Gasteiger partial charge is 0.355 e. The Bertz CT molecular complexity index is 459. The van der Waals surface area contributed by atoms with E-state index < -0.39 is 0 Å². The summed E-state index contributed by atoms with van der Waals surface area (Å²) in [5, 5.41) is 0.563. The van der Waals surface area contributed by atoms with Crippen molar-refractivity contribution < 1.29 is 0 Å². The van der Waals surface area contributed by atoms with Crippen LogP contribution in [0, 0.1) is 0 Å². The fraction of sp³-hybridized carbons (Fsp3) is 0.733. The Morgan fingerprint density at radius 2 is 2.00 bits per heavy atom. The van der Waals surface area contributed by atoms with Gasteiger partial charge in [-0.2, -0.15) is 0 Å². The number of rotatable bonds is 3. The molecule has 0 saturated carbocycles. The normalized spacial score (nSPS) is 24.3. The summed E-state index contributed by atoms with van der Waals surface area (Å²) >= 11 is 6.10. The van der Waals surface area contributed by atoms with Gasteiger partial charge in [-0.3, -0.25) is 4.90 Å². The van der Waals surface area contributed by atoms with Crippen molar-refractivity contribution in [3.8, 4) is 0 Å². The average molecular weight is 295 g/mol. The Hall–Kier alpha value is -0.870. The van der Waals surface area contributed by atoms with Gasteiger partial charge >= 0.3 is 0 Å². The second-order valence-electron chi connectivity index (χ2n) is 5.80. The third kappa shape index (κ3) is 3.07. The van der Waals surface area contributed by atoms with Gasteiger partial charge in [-0.25, -0.2) is 9.97 Å². The number of aryl methyl sites for hydroxylation is 1. The predicted molar refractivity (Wildman–Crippen MR) is 82.5 cm³/mol. The number of piperidine rings is 1. The van der Waals surface area contributed by atoms with E-state index in [4.69, 9.17) is 11.6 Å². The molecule has 2 saturated heterocycles. The molecule has 5 heteroatoms. The summed E-state index contributed by atoms with van der Waals surface area (Å²) in [4.78, 5) is 13.9. The fourth-order valence-corrected chi connectivity index (χ4v) is 3.50. The Labute approximate surface area is 126 Å². The lowest BCUT2D eigenvalue weighted by Crippen LogP contribution is -2.41. The molecule has 110 valence electrons. The van der Waals surface area contributed by atoms with E-state index in [0.717, 1.165) is 31.2 Å². The van der Waals surface area contributed by atoms with Gasteiger partial charge in [-0.05, 0) is 32.4 Å². The third-order valence-corrected chi connectivity index (χ3v) is 4.63. The lowest BCUT2D eigenvalue weighted by molar-refractivity contribution is 0.175. The summed E-state index contributed by atoms with van der Waals surface area (Å²) in [5.41, 5.74) is 0. The van der Waals surface area contributed by atoms with Crippen LogP contribution >= 0.6 is 11.6 Å². The molecule has 0 aliphatic carbocycles. The Balaban J connectivity index is 1.68. The van der Waals surface area contributed by atoms with Crippen LogP contribution in [-0.2, 0) is 6.42 Å². The van der Waals surface area contributed by atoms with Crippen molar-refractivity contribution in [3.05, 3.63) is 17.0 Å². The van der Waals surface area contributed by atoms with Gasteiger partial charge in [-0.1, -0.05) is 24.9 Å². The number of aromatic nitrogens is 2. The van der Waals surface area contributed by atoms with Gasteiger partial charge in [-0.15, -0.1) is 0 Å². The highest BCUT2D eigenvalue weighted by molar-refractivity contribution is 6.29. The molecule has 1 atom stereocenters. The van der Waals surface area contributed by atoms with Gasteiger partial charge in [0.1, 0.15) is 16.8 Å². The standard InChI is InChI=1S/C15H23ClN4/c1-2-14-17-13(16)10-15(18-14)20-9-6-12(11-20)19-7-4-3-5-8-19/h10,12H,2-9,11H2,1H3. The van der Waals surface area contributed by atoms with Crippen LogP contribution in [0.3, 0.4) is 0 Å². The van der Waals surface area contributed by atoms with Crippen LogP contribution in [-0.4, -0.2) is 47.1 Å². The Kier molecular flexibility index (Phi) is 4.41. The first kappa shape index (κ1) is 14.1. The van der Waals surface area contributed by atoms with Gasteiger partial charge in [0.2, 0.25) is 0 Å². The molecule has 1 unspecified atom stereocenters. The second-order valence-corrected chi connectivity index (χ2v) is 6.19.